The molecule has 0 aromatic heterocycles. The lowest BCUT2D eigenvalue weighted by atomic mass is 10.1. The molecule has 0 aliphatic carbocycles. The molecular weight excluding hydrogens is 195 g/mol. The van der Waals surface area contributed by atoms with Crippen molar-refractivity contribution in [3.63, 3.8) is 0 Å². The molecule has 80 valence electrons. The van der Waals surface area contributed by atoms with Crippen LogP contribution in [0, 0.1) is 5.82 Å². The molecule has 1 heterocycles. The van der Waals surface area contributed by atoms with Crippen LogP contribution in [0.1, 0.15) is 6.42 Å². The van der Waals surface area contributed by atoms with Crippen molar-refractivity contribution >= 4 is 11.6 Å². The van der Waals surface area contributed by atoms with Crippen LogP contribution in [0.3, 0.4) is 0 Å². The van der Waals surface area contributed by atoms with Crippen LogP contribution >= 0.6 is 0 Å². The van der Waals surface area contributed by atoms with E-state index in [1.807, 2.05) is 0 Å². The zero-order valence-corrected chi connectivity index (χ0v) is 8.53. The van der Waals surface area contributed by atoms with E-state index in [4.69, 9.17) is 0 Å². The highest BCUT2D eigenvalue weighted by molar-refractivity contribution is 5.97. The van der Waals surface area contributed by atoms with Gasteiger partial charge in [-0.25, -0.2) is 4.39 Å². The van der Waals surface area contributed by atoms with Crippen LogP contribution in [0.4, 0.5) is 10.1 Å². The molecule has 1 amide bonds. The molecule has 4 heteroatoms. The Labute approximate surface area is 87.9 Å². The number of hydrogen-bond donors (Lipinski definition) is 1. The maximum atomic E-state index is 12.7. The van der Waals surface area contributed by atoms with Crippen LogP contribution in [0.25, 0.3) is 0 Å². The minimum Gasteiger partial charge on any atom is -0.314 e. The number of nitrogens with zero attached hydrogens (tertiary/aromatic N) is 1. The average Bonchev–Trinajstić information content (AvgIpc) is 2.15. The van der Waals surface area contributed by atoms with Gasteiger partial charge in [-0.05, 0) is 37.2 Å². The summed E-state index contributed by atoms with van der Waals surface area (Å²) in [5, 5.41) is 3.04. The molecule has 1 atom stereocenters. The summed E-state index contributed by atoms with van der Waals surface area (Å²) in [7, 11) is 1.70. The van der Waals surface area contributed by atoms with Crippen molar-refractivity contribution < 1.29 is 9.18 Å². The Morgan fingerprint density at radius 2 is 2.07 bits per heavy atom. The number of amides is 1. The molecule has 0 unspecified atom stereocenters. The first-order valence-corrected chi connectivity index (χ1v) is 4.95. The van der Waals surface area contributed by atoms with E-state index in [0.717, 1.165) is 18.7 Å². The summed E-state index contributed by atoms with van der Waals surface area (Å²) < 4.78 is 12.7. The van der Waals surface area contributed by atoms with Gasteiger partial charge in [-0.15, -0.1) is 0 Å². The molecule has 3 nitrogen and oxygen atoms in total. The van der Waals surface area contributed by atoms with Gasteiger partial charge in [-0.1, -0.05) is 0 Å². The summed E-state index contributed by atoms with van der Waals surface area (Å²) in [6, 6.07) is 5.85. The summed E-state index contributed by atoms with van der Waals surface area (Å²) in [5.41, 5.74) is 0.718. The molecular formula is C11H13FN2O. The number of hydrogen-bond acceptors (Lipinski definition) is 2. The summed E-state index contributed by atoms with van der Waals surface area (Å²) in [5.74, 6) is -0.255. The van der Waals surface area contributed by atoms with Gasteiger partial charge in [0.05, 0.1) is 6.04 Å². The second-order valence-corrected chi connectivity index (χ2v) is 3.67. The summed E-state index contributed by atoms with van der Waals surface area (Å²) in [6.07, 6.45) is 0.879. The number of carbonyl (C=O) groups is 1. The van der Waals surface area contributed by atoms with Crippen LogP contribution in [-0.2, 0) is 4.79 Å². The Kier molecular flexibility index (Phi) is 2.68. The van der Waals surface area contributed by atoms with Gasteiger partial charge in [0, 0.05) is 12.7 Å². The second-order valence-electron chi connectivity index (χ2n) is 3.67. The Hall–Kier alpha value is -1.42. The lowest BCUT2D eigenvalue weighted by Gasteiger charge is -2.30. The van der Waals surface area contributed by atoms with Crippen molar-refractivity contribution in [1.29, 1.82) is 0 Å². The quantitative estimate of drug-likeness (QED) is 0.790. The smallest absolute Gasteiger partial charge is 0.243 e. The van der Waals surface area contributed by atoms with Gasteiger partial charge >= 0.3 is 0 Å². The number of carbonyl (C=O) groups excluding carboxylic acids is 1. The van der Waals surface area contributed by atoms with Gasteiger partial charge in [0.2, 0.25) is 5.91 Å². The third kappa shape index (κ3) is 1.99. The fraction of sp³-hybridized carbons (Fsp3) is 0.364. The molecule has 0 bridgehead atoms. The molecule has 0 radical (unpaired) electrons. The van der Waals surface area contributed by atoms with Crippen LogP contribution in [-0.4, -0.2) is 25.5 Å². The van der Waals surface area contributed by atoms with E-state index >= 15 is 0 Å². The molecule has 1 aromatic carbocycles. The maximum absolute atomic E-state index is 12.7. The van der Waals surface area contributed by atoms with Gasteiger partial charge in [-0.2, -0.15) is 0 Å². The number of benzene rings is 1. The highest BCUT2D eigenvalue weighted by Gasteiger charge is 2.27. The van der Waals surface area contributed by atoms with E-state index in [-0.39, 0.29) is 17.8 Å². The summed E-state index contributed by atoms with van der Waals surface area (Å²) in [6.45, 7) is 0.896. The van der Waals surface area contributed by atoms with Crippen molar-refractivity contribution in [2.45, 2.75) is 12.5 Å². The molecule has 15 heavy (non-hydrogen) atoms. The van der Waals surface area contributed by atoms with E-state index in [0.29, 0.717) is 0 Å². The Balaban J connectivity index is 2.09. The van der Waals surface area contributed by atoms with E-state index in [9.17, 15) is 9.18 Å². The van der Waals surface area contributed by atoms with Crippen LogP contribution in [0.15, 0.2) is 24.3 Å². The van der Waals surface area contributed by atoms with Crippen molar-refractivity contribution in [2.24, 2.45) is 0 Å². The monoisotopic (exact) mass is 208 g/mol. The highest BCUT2D eigenvalue weighted by Crippen LogP contribution is 2.16. The van der Waals surface area contributed by atoms with Crippen molar-refractivity contribution in [2.75, 3.05) is 18.5 Å². The zero-order chi connectivity index (χ0) is 10.8. The molecule has 1 aromatic rings. The number of likely N-dealkylation sites (N-methyl/N-ethyl adjacent to an activating group) is 1. The predicted octanol–water partition coefficient (Wildman–Crippen LogP) is 1.15. The zero-order valence-electron chi connectivity index (χ0n) is 8.53. The van der Waals surface area contributed by atoms with Crippen LogP contribution < -0.4 is 10.2 Å². The summed E-state index contributed by atoms with van der Waals surface area (Å²) >= 11 is 0. The van der Waals surface area contributed by atoms with Crippen molar-refractivity contribution in [3.05, 3.63) is 30.1 Å². The topological polar surface area (TPSA) is 32.3 Å². The lowest BCUT2D eigenvalue weighted by molar-refractivity contribution is -0.121. The number of halogens is 1. The largest absolute Gasteiger partial charge is 0.314 e. The fourth-order valence-corrected chi connectivity index (χ4v) is 1.53. The van der Waals surface area contributed by atoms with Gasteiger partial charge in [0.15, 0.2) is 0 Å². The van der Waals surface area contributed by atoms with E-state index in [1.54, 1.807) is 24.1 Å². The van der Waals surface area contributed by atoms with E-state index in [1.165, 1.54) is 12.1 Å². The minimum absolute atomic E-state index is 0.0351. The SMILES string of the molecule is CN(C(=O)[C@@H]1CCN1)c1ccc(F)cc1. The number of nitrogens with one attached hydrogen (secondary N) is 1. The average molecular weight is 208 g/mol. The first-order valence-electron chi connectivity index (χ1n) is 4.95. The molecule has 0 saturated carbocycles. The molecule has 1 N–H and O–H groups in total. The second kappa shape index (κ2) is 3.98. The molecule has 2 rings (SSSR count). The Bertz CT molecular complexity index is 359. The van der Waals surface area contributed by atoms with Crippen LogP contribution in [0.5, 0.6) is 0 Å². The van der Waals surface area contributed by atoms with Gasteiger partial charge < -0.3 is 10.2 Å². The van der Waals surface area contributed by atoms with Gasteiger partial charge in [-0.3, -0.25) is 4.79 Å². The number of anilines is 1. The maximum Gasteiger partial charge on any atom is 0.243 e. The predicted molar refractivity (Wildman–Crippen MR) is 56.2 cm³/mol. The third-order valence-corrected chi connectivity index (χ3v) is 2.67. The molecule has 0 spiro atoms. The van der Waals surface area contributed by atoms with E-state index < -0.39 is 0 Å². The normalized spacial score (nSPS) is 19.5. The first kappa shape index (κ1) is 10.1. The fourth-order valence-electron chi connectivity index (χ4n) is 1.53. The highest BCUT2D eigenvalue weighted by atomic mass is 19.1. The molecule has 1 saturated heterocycles. The Morgan fingerprint density at radius 3 is 2.53 bits per heavy atom. The Morgan fingerprint density at radius 1 is 1.47 bits per heavy atom. The van der Waals surface area contributed by atoms with Gasteiger partial charge in [0.25, 0.3) is 0 Å². The van der Waals surface area contributed by atoms with Crippen LogP contribution in [0.2, 0.25) is 0 Å². The summed E-state index contributed by atoms with van der Waals surface area (Å²) in [4.78, 5) is 13.3. The lowest BCUT2D eigenvalue weighted by Crippen LogP contribution is -2.53. The molecule has 1 aliphatic rings. The first-order chi connectivity index (χ1) is 7.18. The number of rotatable bonds is 2. The minimum atomic E-state index is -0.290. The van der Waals surface area contributed by atoms with E-state index in [2.05, 4.69) is 5.32 Å². The standard InChI is InChI=1S/C11H13FN2O/c1-14(11(15)10-6-7-13-10)9-4-2-8(12)3-5-9/h2-5,10,13H,6-7H2,1H3/t10-/m0/s1. The molecule has 1 fully saturated rings. The molecule has 1 aliphatic heterocycles. The third-order valence-electron chi connectivity index (χ3n) is 2.67. The van der Waals surface area contributed by atoms with Crippen molar-refractivity contribution in [1.82, 2.24) is 5.32 Å². The van der Waals surface area contributed by atoms with Gasteiger partial charge in [0.1, 0.15) is 5.82 Å². The van der Waals surface area contributed by atoms with Crippen molar-refractivity contribution in [3.8, 4) is 0 Å².